The van der Waals surface area contributed by atoms with Crippen molar-refractivity contribution in [1.29, 1.82) is 0 Å². The van der Waals surface area contributed by atoms with Gasteiger partial charge >= 0.3 is 5.97 Å². The fraction of sp³-hybridized carbons (Fsp3) is 0.312. The number of ether oxygens (including phenoxy) is 1. The van der Waals surface area contributed by atoms with Gasteiger partial charge in [0.2, 0.25) is 0 Å². The van der Waals surface area contributed by atoms with E-state index >= 15 is 0 Å². The molecule has 1 aromatic heterocycles. The summed E-state index contributed by atoms with van der Waals surface area (Å²) in [6, 6.07) is 6.15. The van der Waals surface area contributed by atoms with Gasteiger partial charge in [0.25, 0.3) is 10.0 Å². The molecule has 0 bridgehead atoms. The third-order valence-corrected chi connectivity index (χ3v) is 8.09. The molecule has 0 N–H and O–H groups in total. The lowest BCUT2D eigenvalue weighted by atomic mass is 9.98. The number of nitrogens with zero attached hydrogens (tertiary/aromatic N) is 1. The molecule has 0 saturated carbocycles. The van der Waals surface area contributed by atoms with Crippen molar-refractivity contribution in [2.24, 2.45) is 5.92 Å². The molecule has 1 aliphatic rings. The van der Waals surface area contributed by atoms with E-state index in [9.17, 15) is 13.2 Å². The van der Waals surface area contributed by atoms with Crippen LogP contribution in [0.4, 0.5) is 0 Å². The second-order valence-electron chi connectivity index (χ2n) is 5.73. The Kier molecular flexibility index (Phi) is 6.16. The Morgan fingerprint density at radius 2 is 1.77 bits per heavy atom. The van der Waals surface area contributed by atoms with E-state index in [1.165, 1.54) is 27.8 Å². The largest absolute Gasteiger partial charge is 0.423 e. The minimum atomic E-state index is -3.50. The van der Waals surface area contributed by atoms with E-state index in [0.717, 1.165) is 0 Å². The van der Waals surface area contributed by atoms with Crippen LogP contribution in [0.2, 0.25) is 15.1 Å². The standard InChI is InChI=1S/C16H14Cl3NO4S2/c17-11-8-12(18)15(13(19)9-11)24-16(21)10-3-5-20(6-4-10)26(22,23)14-2-1-7-25-14/h1-2,7-10H,3-6H2. The number of hydrogen-bond acceptors (Lipinski definition) is 5. The van der Waals surface area contributed by atoms with Crippen LogP contribution in [0.25, 0.3) is 0 Å². The fourth-order valence-corrected chi connectivity index (χ4v) is 6.19. The highest BCUT2D eigenvalue weighted by Crippen LogP contribution is 2.37. The molecule has 5 nitrogen and oxygen atoms in total. The quantitative estimate of drug-likeness (QED) is 0.495. The molecule has 26 heavy (non-hydrogen) atoms. The molecule has 0 atom stereocenters. The van der Waals surface area contributed by atoms with E-state index in [1.807, 2.05) is 0 Å². The molecule has 3 rings (SSSR count). The zero-order valence-electron chi connectivity index (χ0n) is 13.3. The molecule has 10 heteroatoms. The number of carbonyl (C=O) groups excluding carboxylic acids is 1. The minimum Gasteiger partial charge on any atom is -0.423 e. The van der Waals surface area contributed by atoms with Crippen LogP contribution < -0.4 is 4.74 Å². The van der Waals surface area contributed by atoms with E-state index in [-0.39, 0.29) is 28.9 Å². The van der Waals surface area contributed by atoms with Crippen LogP contribution in [0, 0.1) is 5.92 Å². The first-order valence-electron chi connectivity index (χ1n) is 7.69. The first-order valence-corrected chi connectivity index (χ1v) is 11.1. The molecule has 0 radical (unpaired) electrons. The summed E-state index contributed by atoms with van der Waals surface area (Å²) in [4.78, 5) is 12.4. The minimum absolute atomic E-state index is 0.0661. The van der Waals surface area contributed by atoms with E-state index in [2.05, 4.69) is 0 Å². The van der Waals surface area contributed by atoms with Crippen molar-refractivity contribution in [3.05, 3.63) is 44.7 Å². The zero-order valence-corrected chi connectivity index (χ0v) is 17.2. The SMILES string of the molecule is O=C(Oc1c(Cl)cc(Cl)cc1Cl)C1CCN(S(=O)(=O)c2cccs2)CC1. The zero-order chi connectivity index (χ0) is 18.9. The number of esters is 1. The molecular weight excluding hydrogens is 441 g/mol. The maximum absolute atomic E-state index is 12.5. The molecule has 2 aromatic rings. The van der Waals surface area contributed by atoms with Gasteiger partial charge in [0, 0.05) is 18.1 Å². The normalized spacial score (nSPS) is 16.6. The van der Waals surface area contributed by atoms with E-state index in [0.29, 0.717) is 22.1 Å². The summed E-state index contributed by atoms with van der Waals surface area (Å²) in [6.45, 7) is 0.504. The number of piperidine rings is 1. The average Bonchev–Trinajstić information content (AvgIpc) is 3.13. The predicted molar refractivity (Wildman–Crippen MR) is 103 cm³/mol. The molecule has 0 aliphatic carbocycles. The Morgan fingerprint density at radius 1 is 1.15 bits per heavy atom. The summed E-state index contributed by atoms with van der Waals surface area (Å²) in [5, 5.41) is 2.35. The lowest BCUT2D eigenvalue weighted by Crippen LogP contribution is -2.40. The van der Waals surface area contributed by atoms with Crippen LogP contribution in [-0.4, -0.2) is 31.8 Å². The van der Waals surface area contributed by atoms with Gasteiger partial charge in [-0.3, -0.25) is 4.79 Å². The number of hydrogen-bond donors (Lipinski definition) is 0. The van der Waals surface area contributed by atoms with Crippen molar-refractivity contribution in [3.8, 4) is 5.75 Å². The van der Waals surface area contributed by atoms with Crippen molar-refractivity contribution >= 4 is 62.1 Å². The molecule has 1 aliphatic heterocycles. The molecular formula is C16H14Cl3NO4S2. The van der Waals surface area contributed by atoms with Crippen molar-refractivity contribution in [2.75, 3.05) is 13.1 Å². The van der Waals surface area contributed by atoms with Crippen LogP contribution in [-0.2, 0) is 14.8 Å². The maximum atomic E-state index is 12.5. The summed E-state index contributed by atoms with van der Waals surface area (Å²) >= 11 is 19.1. The Balaban J connectivity index is 1.64. The monoisotopic (exact) mass is 453 g/mol. The van der Waals surface area contributed by atoms with Crippen molar-refractivity contribution < 1.29 is 17.9 Å². The molecule has 0 unspecified atom stereocenters. The summed E-state index contributed by atoms with van der Waals surface area (Å²) < 4.78 is 32.1. The van der Waals surface area contributed by atoms with Gasteiger partial charge in [0.15, 0.2) is 5.75 Å². The number of halogens is 3. The Morgan fingerprint density at radius 3 is 2.31 bits per heavy atom. The summed E-state index contributed by atoms with van der Waals surface area (Å²) in [6.07, 6.45) is 0.735. The molecule has 0 spiro atoms. The lowest BCUT2D eigenvalue weighted by molar-refractivity contribution is -0.140. The van der Waals surface area contributed by atoms with E-state index < -0.39 is 21.9 Å². The number of thiophene rings is 1. The second-order valence-corrected chi connectivity index (χ2v) is 10.1. The van der Waals surface area contributed by atoms with Crippen LogP contribution in [0.1, 0.15) is 12.8 Å². The van der Waals surface area contributed by atoms with E-state index in [1.54, 1.807) is 17.5 Å². The Bertz CT molecular complexity index is 885. The van der Waals surface area contributed by atoms with Crippen molar-refractivity contribution in [2.45, 2.75) is 17.1 Å². The van der Waals surface area contributed by atoms with Gasteiger partial charge in [0.1, 0.15) is 4.21 Å². The molecule has 1 saturated heterocycles. The molecule has 140 valence electrons. The first-order chi connectivity index (χ1) is 12.3. The Hall–Kier alpha value is -0.830. The molecule has 1 fully saturated rings. The van der Waals surface area contributed by atoms with Gasteiger partial charge < -0.3 is 4.74 Å². The van der Waals surface area contributed by atoms with Gasteiger partial charge in [-0.05, 0) is 36.4 Å². The predicted octanol–water partition coefficient (Wildman–Crippen LogP) is 4.71. The maximum Gasteiger partial charge on any atom is 0.314 e. The van der Waals surface area contributed by atoms with E-state index in [4.69, 9.17) is 39.5 Å². The van der Waals surface area contributed by atoms with Crippen molar-refractivity contribution in [1.82, 2.24) is 4.31 Å². The molecule has 2 heterocycles. The molecule has 1 aromatic carbocycles. The summed E-state index contributed by atoms with van der Waals surface area (Å²) in [5.74, 6) is -0.840. The fourth-order valence-electron chi connectivity index (χ4n) is 2.68. The topological polar surface area (TPSA) is 63.7 Å². The summed E-state index contributed by atoms with van der Waals surface area (Å²) in [5.41, 5.74) is 0. The van der Waals surface area contributed by atoms with Crippen LogP contribution in [0.15, 0.2) is 33.9 Å². The first kappa shape index (κ1) is 19.9. The van der Waals surface area contributed by atoms with Gasteiger partial charge in [-0.2, -0.15) is 4.31 Å². The van der Waals surface area contributed by atoms with Crippen LogP contribution >= 0.6 is 46.1 Å². The van der Waals surface area contributed by atoms with Crippen molar-refractivity contribution in [3.63, 3.8) is 0 Å². The number of benzene rings is 1. The van der Waals surface area contributed by atoms with Gasteiger partial charge in [0.05, 0.1) is 16.0 Å². The number of rotatable bonds is 4. The van der Waals surface area contributed by atoms with Crippen LogP contribution in [0.3, 0.4) is 0 Å². The highest BCUT2D eigenvalue weighted by Gasteiger charge is 2.33. The third-order valence-electron chi connectivity index (χ3n) is 4.04. The summed E-state index contributed by atoms with van der Waals surface area (Å²) in [7, 11) is -3.50. The number of carbonyl (C=O) groups is 1. The molecule has 0 amide bonds. The Labute approximate surface area is 170 Å². The third kappa shape index (κ3) is 4.18. The van der Waals surface area contributed by atoms with Gasteiger partial charge in [-0.25, -0.2) is 8.42 Å². The number of sulfonamides is 1. The average molecular weight is 455 g/mol. The smallest absolute Gasteiger partial charge is 0.314 e. The highest BCUT2D eigenvalue weighted by atomic mass is 35.5. The second kappa shape index (κ2) is 8.04. The lowest BCUT2D eigenvalue weighted by Gasteiger charge is -2.29. The highest BCUT2D eigenvalue weighted by molar-refractivity contribution is 7.91. The van der Waals surface area contributed by atoms with Gasteiger partial charge in [-0.1, -0.05) is 40.9 Å². The van der Waals surface area contributed by atoms with Gasteiger partial charge in [-0.15, -0.1) is 11.3 Å². The van der Waals surface area contributed by atoms with Crippen LogP contribution in [0.5, 0.6) is 5.75 Å².